The molecule has 1 saturated heterocycles. The molecule has 2 N–H and O–H groups in total. The van der Waals surface area contributed by atoms with Gasteiger partial charge in [-0.2, -0.15) is 0 Å². The molecule has 0 amide bonds. The predicted molar refractivity (Wildman–Crippen MR) is 79.0 cm³/mol. The number of carbonyl (C=O) groups excluding carboxylic acids is 1. The van der Waals surface area contributed by atoms with Gasteiger partial charge in [0.2, 0.25) is 0 Å². The SMILES string of the molecule is CC(=O)[C@@H]1[C@@H]2NC(=S)N[C@@]1(C)Oc1cc(Br)ccc12. The van der Waals surface area contributed by atoms with Crippen molar-refractivity contribution in [2.75, 3.05) is 0 Å². The molecule has 0 spiro atoms. The Balaban J connectivity index is 2.18. The number of ether oxygens (including phenoxy) is 1. The molecule has 0 aromatic heterocycles. The van der Waals surface area contributed by atoms with Crippen LogP contribution < -0.4 is 15.4 Å². The van der Waals surface area contributed by atoms with Gasteiger partial charge in [0.1, 0.15) is 17.5 Å². The van der Waals surface area contributed by atoms with Crippen molar-refractivity contribution in [1.29, 1.82) is 0 Å². The first kappa shape index (κ1) is 12.9. The number of ketones is 1. The van der Waals surface area contributed by atoms with E-state index in [1.807, 2.05) is 25.1 Å². The molecule has 6 heteroatoms. The maximum atomic E-state index is 12.0. The van der Waals surface area contributed by atoms with Crippen LogP contribution in [0.15, 0.2) is 22.7 Å². The summed E-state index contributed by atoms with van der Waals surface area (Å²) in [5.41, 5.74) is 0.164. The van der Waals surface area contributed by atoms with Crippen molar-refractivity contribution in [3.8, 4) is 5.75 Å². The highest BCUT2D eigenvalue weighted by molar-refractivity contribution is 9.10. The summed E-state index contributed by atoms with van der Waals surface area (Å²) in [4.78, 5) is 12.0. The Morgan fingerprint density at radius 3 is 2.95 bits per heavy atom. The summed E-state index contributed by atoms with van der Waals surface area (Å²) < 4.78 is 6.97. The van der Waals surface area contributed by atoms with Gasteiger partial charge in [-0.1, -0.05) is 22.0 Å². The lowest BCUT2D eigenvalue weighted by atomic mass is 9.78. The van der Waals surface area contributed by atoms with Gasteiger partial charge < -0.3 is 15.4 Å². The normalized spacial score (nSPS) is 31.6. The van der Waals surface area contributed by atoms with Gasteiger partial charge in [0.25, 0.3) is 0 Å². The standard InChI is InChI=1S/C13H13BrN2O2S/c1-6(17)10-11-8-4-3-7(14)5-9(8)18-13(10,2)16-12(19)15-11/h3-5,10-11H,1-2H3,(H2,15,16,19)/t10-,11-,13+/m1/s1. The van der Waals surface area contributed by atoms with Crippen molar-refractivity contribution in [2.24, 2.45) is 5.92 Å². The van der Waals surface area contributed by atoms with Crippen LogP contribution in [0.1, 0.15) is 25.5 Å². The summed E-state index contributed by atoms with van der Waals surface area (Å²) in [6, 6.07) is 5.66. The van der Waals surface area contributed by atoms with E-state index >= 15 is 0 Å². The Bertz CT molecular complexity index is 592. The molecule has 3 atom stereocenters. The number of halogens is 1. The van der Waals surface area contributed by atoms with E-state index < -0.39 is 5.72 Å². The Kier molecular flexibility index (Phi) is 2.83. The second-order valence-corrected chi connectivity index (χ2v) is 6.38. The molecule has 1 fully saturated rings. The van der Waals surface area contributed by atoms with Crippen LogP contribution in [0.5, 0.6) is 5.75 Å². The maximum Gasteiger partial charge on any atom is 0.191 e. The van der Waals surface area contributed by atoms with Crippen molar-refractivity contribution in [1.82, 2.24) is 10.6 Å². The third kappa shape index (κ3) is 1.94. The second-order valence-electron chi connectivity index (χ2n) is 5.06. The third-order valence-electron chi connectivity index (χ3n) is 3.65. The van der Waals surface area contributed by atoms with Gasteiger partial charge in [0.15, 0.2) is 10.8 Å². The number of thiocarbonyl (C=S) groups is 1. The van der Waals surface area contributed by atoms with Crippen molar-refractivity contribution < 1.29 is 9.53 Å². The Labute approximate surface area is 125 Å². The molecular formula is C13H13BrN2O2S. The van der Waals surface area contributed by atoms with E-state index in [4.69, 9.17) is 17.0 Å². The lowest BCUT2D eigenvalue weighted by molar-refractivity contribution is -0.133. The summed E-state index contributed by atoms with van der Waals surface area (Å²) in [5, 5.41) is 6.77. The highest BCUT2D eigenvalue weighted by atomic mass is 79.9. The molecule has 3 rings (SSSR count). The zero-order chi connectivity index (χ0) is 13.8. The Morgan fingerprint density at radius 2 is 2.26 bits per heavy atom. The van der Waals surface area contributed by atoms with Crippen molar-refractivity contribution >= 4 is 39.0 Å². The molecule has 19 heavy (non-hydrogen) atoms. The lowest BCUT2D eigenvalue weighted by Crippen LogP contribution is -2.69. The fourth-order valence-corrected chi connectivity index (χ4v) is 3.60. The van der Waals surface area contributed by atoms with Gasteiger partial charge in [0, 0.05) is 10.0 Å². The highest BCUT2D eigenvalue weighted by Gasteiger charge is 2.53. The van der Waals surface area contributed by atoms with E-state index in [1.165, 1.54) is 0 Å². The largest absolute Gasteiger partial charge is 0.467 e. The van der Waals surface area contributed by atoms with E-state index in [0.717, 1.165) is 15.8 Å². The van der Waals surface area contributed by atoms with Crippen LogP contribution in [-0.2, 0) is 4.79 Å². The topological polar surface area (TPSA) is 50.4 Å². The average Bonchev–Trinajstić information content (AvgIpc) is 2.25. The first-order valence-corrected chi connectivity index (χ1v) is 7.18. The predicted octanol–water partition coefficient (Wildman–Crippen LogP) is 2.28. The Morgan fingerprint density at radius 1 is 1.53 bits per heavy atom. The quantitative estimate of drug-likeness (QED) is 0.768. The minimum atomic E-state index is -0.799. The number of nitrogens with one attached hydrogen (secondary N) is 2. The highest BCUT2D eigenvalue weighted by Crippen LogP contribution is 2.45. The molecular weight excluding hydrogens is 328 g/mol. The van der Waals surface area contributed by atoms with Crippen LogP contribution in [-0.4, -0.2) is 16.6 Å². The first-order chi connectivity index (χ1) is 8.90. The Hall–Kier alpha value is -1.14. The van der Waals surface area contributed by atoms with Crippen molar-refractivity contribution in [2.45, 2.75) is 25.6 Å². The van der Waals surface area contributed by atoms with Crippen LogP contribution in [0, 0.1) is 5.92 Å². The molecule has 0 unspecified atom stereocenters. The molecule has 0 aliphatic carbocycles. The molecule has 0 saturated carbocycles. The van der Waals surface area contributed by atoms with Gasteiger partial charge in [0.05, 0.1) is 6.04 Å². The number of fused-ring (bicyclic) bond motifs is 4. The number of rotatable bonds is 1. The van der Waals surface area contributed by atoms with Gasteiger partial charge >= 0.3 is 0 Å². The van der Waals surface area contributed by atoms with Gasteiger partial charge in [-0.3, -0.25) is 4.79 Å². The number of Topliss-reactive ketones (excluding diaryl/α,β-unsaturated/α-hetero) is 1. The van der Waals surface area contributed by atoms with Gasteiger partial charge in [-0.05, 0) is 38.2 Å². The van der Waals surface area contributed by atoms with Crippen LogP contribution in [0.3, 0.4) is 0 Å². The number of hydrogen-bond donors (Lipinski definition) is 2. The van der Waals surface area contributed by atoms with E-state index in [-0.39, 0.29) is 17.7 Å². The number of hydrogen-bond acceptors (Lipinski definition) is 3. The fraction of sp³-hybridized carbons (Fsp3) is 0.385. The minimum Gasteiger partial charge on any atom is -0.467 e. The third-order valence-corrected chi connectivity index (χ3v) is 4.36. The van der Waals surface area contributed by atoms with Crippen molar-refractivity contribution in [3.05, 3.63) is 28.2 Å². The first-order valence-electron chi connectivity index (χ1n) is 5.98. The fourth-order valence-electron chi connectivity index (χ4n) is 2.93. The number of carbonyl (C=O) groups is 1. The van der Waals surface area contributed by atoms with Crippen LogP contribution in [0.2, 0.25) is 0 Å². The summed E-state index contributed by atoms with van der Waals surface area (Å²) in [6.45, 7) is 3.45. The molecule has 2 heterocycles. The van der Waals surface area contributed by atoms with Crippen LogP contribution >= 0.6 is 28.1 Å². The van der Waals surface area contributed by atoms with E-state index in [0.29, 0.717) is 5.11 Å². The van der Waals surface area contributed by atoms with Gasteiger partial charge in [-0.15, -0.1) is 0 Å². The zero-order valence-electron chi connectivity index (χ0n) is 10.5. The van der Waals surface area contributed by atoms with Crippen molar-refractivity contribution in [3.63, 3.8) is 0 Å². The molecule has 2 aliphatic rings. The number of benzene rings is 1. The maximum absolute atomic E-state index is 12.0. The molecule has 4 nitrogen and oxygen atoms in total. The summed E-state index contributed by atoms with van der Waals surface area (Å²) in [6.07, 6.45) is 0. The lowest BCUT2D eigenvalue weighted by Gasteiger charge is -2.50. The molecule has 0 radical (unpaired) electrons. The summed E-state index contributed by atoms with van der Waals surface area (Å²) >= 11 is 8.63. The van der Waals surface area contributed by atoms with E-state index in [9.17, 15) is 4.79 Å². The van der Waals surface area contributed by atoms with Gasteiger partial charge in [-0.25, -0.2) is 0 Å². The average molecular weight is 341 g/mol. The van der Waals surface area contributed by atoms with Crippen LogP contribution in [0.4, 0.5) is 0 Å². The second kappa shape index (κ2) is 4.18. The van der Waals surface area contributed by atoms with E-state index in [2.05, 4.69) is 26.6 Å². The summed E-state index contributed by atoms with van der Waals surface area (Å²) in [5.74, 6) is 0.526. The molecule has 1 aromatic carbocycles. The molecule has 2 aliphatic heterocycles. The molecule has 100 valence electrons. The van der Waals surface area contributed by atoms with Crippen LogP contribution in [0.25, 0.3) is 0 Å². The smallest absolute Gasteiger partial charge is 0.191 e. The molecule has 2 bridgehead atoms. The zero-order valence-corrected chi connectivity index (χ0v) is 12.9. The minimum absolute atomic E-state index is 0.0727. The van der Waals surface area contributed by atoms with E-state index in [1.54, 1.807) is 6.92 Å². The monoisotopic (exact) mass is 340 g/mol. The summed E-state index contributed by atoms with van der Waals surface area (Å²) in [7, 11) is 0. The molecule has 1 aromatic rings.